The van der Waals surface area contributed by atoms with Crippen LogP contribution >= 0.6 is 0 Å². The molecule has 0 spiro atoms. The van der Waals surface area contributed by atoms with E-state index >= 15 is 0 Å². The Morgan fingerprint density at radius 3 is 2.16 bits per heavy atom. The normalized spacial score (nSPS) is 19.7. The highest BCUT2D eigenvalue weighted by Crippen LogP contribution is 2.42. The molecular weight excluding hydrogens is 412 g/mol. The number of aromatic nitrogens is 3. The minimum Gasteiger partial charge on any atom is -0.322 e. The van der Waals surface area contributed by atoms with Gasteiger partial charge < -0.3 is 10.2 Å². The summed E-state index contributed by atoms with van der Waals surface area (Å²) >= 11 is 0. The minimum atomic E-state index is -3.67. The van der Waals surface area contributed by atoms with Crippen molar-refractivity contribution in [2.24, 2.45) is 0 Å². The van der Waals surface area contributed by atoms with Crippen molar-refractivity contribution in [3.63, 3.8) is 0 Å². The molecule has 2 heterocycles. The predicted molar refractivity (Wildman–Crippen MR) is 120 cm³/mol. The number of benzene rings is 1. The number of hydrogen-bond acceptors (Lipinski definition) is 6. The van der Waals surface area contributed by atoms with Crippen LogP contribution in [0.15, 0.2) is 5.16 Å². The Morgan fingerprint density at radius 2 is 1.58 bits per heavy atom. The molecular formula is C22H32N6O2S. The summed E-state index contributed by atoms with van der Waals surface area (Å²) in [4.78, 5) is 6.53. The third-order valence-corrected chi connectivity index (χ3v) is 9.10. The Morgan fingerprint density at radius 1 is 1.00 bits per heavy atom. The number of anilines is 2. The molecule has 0 amide bonds. The van der Waals surface area contributed by atoms with Crippen LogP contribution in [0.2, 0.25) is 0 Å². The van der Waals surface area contributed by atoms with Crippen LogP contribution in [0.25, 0.3) is 0 Å². The topological polar surface area (TPSA) is 94.2 Å². The van der Waals surface area contributed by atoms with Gasteiger partial charge in [-0.3, -0.25) is 0 Å². The second-order valence-electron chi connectivity index (χ2n) is 9.31. The summed E-state index contributed by atoms with van der Waals surface area (Å²) in [6.45, 7) is 3.27. The van der Waals surface area contributed by atoms with Crippen LogP contribution in [0, 0.1) is 6.92 Å². The van der Waals surface area contributed by atoms with E-state index in [0.29, 0.717) is 25.1 Å². The molecule has 1 fully saturated rings. The lowest BCUT2D eigenvalue weighted by Crippen LogP contribution is -2.44. The standard InChI is InChI=1S/C22H32N6O2S/c1-14-16-6-4-8-18(16)20(19-9-5-7-17(14)19)23-21-24-22(26-25-21)31(29,30)28-12-10-15(11-13-28)27(2)3/h15H,4-13H2,1-3H3,(H2,23,24,25,26). The van der Waals surface area contributed by atoms with Crippen LogP contribution in [-0.4, -0.2) is 66.0 Å². The van der Waals surface area contributed by atoms with E-state index in [2.05, 4.69) is 32.3 Å². The number of nitrogens with zero attached hydrogens (tertiary/aromatic N) is 4. The SMILES string of the molecule is Cc1c2c(c(Nc3n[nH]c(S(=O)(=O)N4CCC(N(C)C)CC4)n3)c3c1CCC3)CCC2. The van der Waals surface area contributed by atoms with Crippen molar-refractivity contribution >= 4 is 21.7 Å². The number of fused-ring (bicyclic) bond motifs is 2. The number of rotatable bonds is 5. The highest BCUT2D eigenvalue weighted by molar-refractivity contribution is 7.88. The molecule has 1 aromatic heterocycles. The highest BCUT2D eigenvalue weighted by Gasteiger charge is 2.33. The van der Waals surface area contributed by atoms with Crippen molar-refractivity contribution in [1.29, 1.82) is 0 Å². The molecule has 3 aliphatic rings. The van der Waals surface area contributed by atoms with Gasteiger partial charge in [0, 0.05) is 24.8 Å². The third kappa shape index (κ3) is 3.56. The largest absolute Gasteiger partial charge is 0.322 e. The van der Waals surface area contributed by atoms with Crippen molar-refractivity contribution in [3.8, 4) is 0 Å². The molecule has 1 aliphatic heterocycles. The molecule has 0 saturated carbocycles. The van der Waals surface area contributed by atoms with Gasteiger partial charge in [0.2, 0.25) is 5.95 Å². The summed E-state index contributed by atoms with van der Waals surface area (Å²) < 4.78 is 27.7. The first-order chi connectivity index (χ1) is 14.9. The zero-order valence-electron chi connectivity index (χ0n) is 18.7. The van der Waals surface area contributed by atoms with Gasteiger partial charge in [-0.25, -0.2) is 13.5 Å². The number of hydrogen-bond donors (Lipinski definition) is 2. The van der Waals surface area contributed by atoms with E-state index in [9.17, 15) is 8.42 Å². The van der Waals surface area contributed by atoms with Gasteiger partial charge in [0.15, 0.2) is 0 Å². The lowest BCUT2D eigenvalue weighted by Gasteiger charge is -2.33. The van der Waals surface area contributed by atoms with Crippen LogP contribution < -0.4 is 5.32 Å². The number of sulfonamides is 1. The Balaban J connectivity index is 1.39. The van der Waals surface area contributed by atoms with E-state index in [1.165, 1.54) is 45.0 Å². The fourth-order valence-electron chi connectivity index (χ4n) is 5.63. The summed E-state index contributed by atoms with van der Waals surface area (Å²) in [5, 5.41) is 10.2. The maximum absolute atomic E-state index is 13.1. The molecule has 8 nitrogen and oxygen atoms in total. The maximum atomic E-state index is 13.1. The summed E-state index contributed by atoms with van der Waals surface area (Å²) in [6.07, 6.45) is 8.36. The van der Waals surface area contributed by atoms with Gasteiger partial charge in [0.1, 0.15) is 0 Å². The van der Waals surface area contributed by atoms with Crippen molar-refractivity contribution in [2.45, 2.75) is 69.5 Å². The second-order valence-corrected chi connectivity index (χ2v) is 11.2. The molecule has 2 N–H and O–H groups in total. The number of aromatic amines is 1. The van der Waals surface area contributed by atoms with Crippen molar-refractivity contribution in [2.75, 3.05) is 32.5 Å². The quantitative estimate of drug-likeness (QED) is 0.736. The maximum Gasteiger partial charge on any atom is 0.278 e. The number of H-pyrrole nitrogens is 1. The fourth-order valence-corrected chi connectivity index (χ4v) is 6.93. The molecule has 5 rings (SSSR count). The monoisotopic (exact) mass is 444 g/mol. The average Bonchev–Trinajstić information content (AvgIpc) is 3.51. The molecule has 0 radical (unpaired) electrons. The average molecular weight is 445 g/mol. The lowest BCUT2D eigenvalue weighted by molar-refractivity contribution is 0.196. The van der Waals surface area contributed by atoms with Crippen molar-refractivity contribution < 1.29 is 8.42 Å². The van der Waals surface area contributed by atoms with Gasteiger partial charge in [-0.05, 0) is 100 Å². The summed E-state index contributed by atoms with van der Waals surface area (Å²) in [5.41, 5.74) is 8.27. The Labute approximate surface area is 184 Å². The smallest absolute Gasteiger partial charge is 0.278 e. The van der Waals surface area contributed by atoms with Gasteiger partial charge in [-0.1, -0.05) is 0 Å². The highest BCUT2D eigenvalue weighted by atomic mass is 32.2. The molecule has 168 valence electrons. The van der Waals surface area contributed by atoms with E-state index < -0.39 is 10.0 Å². The summed E-state index contributed by atoms with van der Waals surface area (Å²) in [6, 6.07) is 0.420. The van der Waals surface area contributed by atoms with Crippen LogP contribution in [0.5, 0.6) is 0 Å². The molecule has 0 bridgehead atoms. The van der Waals surface area contributed by atoms with Gasteiger partial charge in [0.25, 0.3) is 15.2 Å². The zero-order chi connectivity index (χ0) is 21.8. The van der Waals surface area contributed by atoms with Gasteiger partial charge in [-0.15, -0.1) is 5.10 Å². The van der Waals surface area contributed by atoms with Crippen LogP contribution in [-0.2, 0) is 35.7 Å². The molecule has 1 aromatic carbocycles. The molecule has 1 saturated heterocycles. The van der Waals surface area contributed by atoms with Crippen LogP contribution in [0.4, 0.5) is 11.6 Å². The summed E-state index contributed by atoms with van der Waals surface area (Å²) in [7, 11) is 0.420. The minimum absolute atomic E-state index is 0.0706. The van der Waals surface area contributed by atoms with E-state index in [1.807, 2.05) is 14.1 Å². The molecule has 0 unspecified atom stereocenters. The predicted octanol–water partition coefficient (Wildman–Crippen LogP) is 2.55. The second kappa shape index (κ2) is 7.86. The van der Waals surface area contributed by atoms with E-state index in [1.54, 1.807) is 0 Å². The first-order valence-electron chi connectivity index (χ1n) is 11.4. The van der Waals surface area contributed by atoms with Crippen LogP contribution in [0.1, 0.15) is 53.5 Å². The van der Waals surface area contributed by atoms with Crippen molar-refractivity contribution in [1.82, 2.24) is 24.4 Å². The molecule has 9 heteroatoms. The fraction of sp³-hybridized carbons (Fsp3) is 0.636. The molecule has 0 atom stereocenters. The summed E-state index contributed by atoms with van der Waals surface area (Å²) in [5.74, 6) is 0.341. The lowest BCUT2D eigenvalue weighted by atomic mass is 9.93. The Hall–Kier alpha value is -1.97. The third-order valence-electron chi connectivity index (χ3n) is 7.38. The van der Waals surface area contributed by atoms with E-state index in [4.69, 9.17) is 0 Å². The van der Waals surface area contributed by atoms with Gasteiger partial charge >= 0.3 is 0 Å². The van der Waals surface area contributed by atoms with Gasteiger partial charge in [-0.2, -0.15) is 9.29 Å². The van der Waals surface area contributed by atoms with E-state index in [-0.39, 0.29) is 5.16 Å². The first kappa shape index (κ1) is 20.9. The molecule has 2 aromatic rings. The Kier molecular flexibility index (Phi) is 5.30. The molecule has 31 heavy (non-hydrogen) atoms. The van der Waals surface area contributed by atoms with Crippen LogP contribution in [0.3, 0.4) is 0 Å². The zero-order valence-corrected chi connectivity index (χ0v) is 19.5. The van der Waals surface area contributed by atoms with Crippen molar-refractivity contribution in [3.05, 3.63) is 27.8 Å². The van der Waals surface area contributed by atoms with Gasteiger partial charge in [0.05, 0.1) is 0 Å². The number of piperidine rings is 1. The molecule has 2 aliphatic carbocycles. The Bertz CT molecular complexity index is 1060. The first-order valence-corrected chi connectivity index (χ1v) is 12.8. The number of nitrogens with one attached hydrogen (secondary N) is 2. The van der Waals surface area contributed by atoms with E-state index in [0.717, 1.165) is 44.2 Å².